The van der Waals surface area contributed by atoms with Gasteiger partial charge in [0.25, 0.3) is 5.91 Å². The first-order chi connectivity index (χ1) is 25.8. The van der Waals surface area contributed by atoms with Gasteiger partial charge in [-0.2, -0.15) is 4.80 Å². The molecule has 2 aliphatic heterocycles. The predicted molar refractivity (Wildman–Crippen MR) is 192 cm³/mol. The molecule has 17 nitrogen and oxygen atoms in total. The van der Waals surface area contributed by atoms with Gasteiger partial charge in [-0.05, 0) is 54.5 Å². The Balaban J connectivity index is 1.27. The third kappa shape index (κ3) is 7.39. The van der Waals surface area contributed by atoms with E-state index < -0.39 is 86.3 Å². The number of carbonyl (C=O) groups is 3. The van der Waals surface area contributed by atoms with Crippen molar-refractivity contribution in [2.24, 2.45) is 11.3 Å². The topological polar surface area (TPSA) is 216 Å². The highest BCUT2D eigenvalue weighted by Gasteiger charge is 2.67. The highest BCUT2D eigenvalue weighted by atomic mass is 32.2. The minimum atomic E-state index is -4.12. The molecule has 8 bridgehead atoms. The van der Waals surface area contributed by atoms with Crippen LogP contribution in [0.5, 0.6) is 5.75 Å². The van der Waals surface area contributed by atoms with Crippen molar-refractivity contribution in [1.29, 1.82) is 0 Å². The fraction of sp³-hybridized carbons (Fsp3) is 0.600. The number of benzene rings is 1. The number of halogens is 2. The van der Waals surface area contributed by atoms with Crippen molar-refractivity contribution < 1.29 is 40.7 Å². The quantitative estimate of drug-likeness (QED) is 0.315. The molecule has 3 amide bonds. The number of tetrazole rings is 1. The van der Waals surface area contributed by atoms with Crippen LogP contribution in [0, 0.1) is 11.3 Å². The first-order valence-electron chi connectivity index (χ1n) is 18.0. The minimum absolute atomic E-state index is 0.0304. The molecule has 5 atom stereocenters. The molecule has 7 rings (SSSR count). The summed E-state index contributed by atoms with van der Waals surface area (Å²) in [7, 11) is -2.56. The second kappa shape index (κ2) is 13.6. The van der Waals surface area contributed by atoms with Crippen molar-refractivity contribution >= 4 is 39.8 Å². The Morgan fingerprint density at radius 2 is 1.89 bits per heavy atom. The second-order valence-electron chi connectivity index (χ2n) is 16.4. The number of alkyl halides is 2. The van der Waals surface area contributed by atoms with E-state index in [2.05, 4.69) is 36.2 Å². The molecule has 4 heterocycles. The van der Waals surface area contributed by atoms with Gasteiger partial charge in [-0.15, -0.1) is 15.3 Å². The molecule has 2 saturated carbocycles. The van der Waals surface area contributed by atoms with Crippen LogP contribution < -0.4 is 20.1 Å². The summed E-state index contributed by atoms with van der Waals surface area (Å²) in [4.78, 5) is 44.9. The van der Waals surface area contributed by atoms with Gasteiger partial charge in [0.15, 0.2) is 0 Å². The molecule has 4 aliphatic rings. The minimum Gasteiger partial charge on any atom is -0.496 e. The summed E-state index contributed by atoms with van der Waals surface area (Å²) < 4.78 is 67.1. The number of nitrogens with zero attached hydrogens (tertiary/aromatic N) is 7. The molecule has 3 aromatic rings. The lowest BCUT2D eigenvalue weighted by Gasteiger charge is -2.35. The molecule has 3 N–H and O–H groups in total. The smallest absolute Gasteiger partial charge is 0.316 e. The Labute approximate surface area is 316 Å². The van der Waals surface area contributed by atoms with Crippen LogP contribution in [0.4, 0.5) is 14.8 Å². The number of hydrogen-bond acceptors (Lipinski definition) is 13. The number of amides is 3. The SMILES string of the molecule is COc1ccc2cc1/C=C/CC(C)(C)c1nnc(o1)N[C@@H](C(C)(C)C)C(=O)N1C[C@@H](C[C@H]1C(=O)N[C@]1(C(=O)NS(=O)(=O)C3CC3)C[C@H]1C(F)F)n1nnc-2n1. The van der Waals surface area contributed by atoms with Crippen molar-refractivity contribution in [3.63, 3.8) is 0 Å². The van der Waals surface area contributed by atoms with Crippen LogP contribution in [0.15, 0.2) is 28.7 Å². The number of nitrogens with one attached hydrogen (secondary N) is 3. The monoisotopic (exact) mass is 786 g/mol. The number of allylic oxidation sites excluding steroid dienone is 1. The fourth-order valence-electron chi connectivity index (χ4n) is 7.07. The summed E-state index contributed by atoms with van der Waals surface area (Å²) in [5.74, 6) is -3.18. The number of ether oxygens (including phenoxy) is 1. The van der Waals surface area contributed by atoms with Crippen LogP contribution in [0.1, 0.15) is 84.2 Å². The normalized spacial score (nSPS) is 27.0. The van der Waals surface area contributed by atoms with Crippen molar-refractivity contribution in [2.45, 2.75) is 107 Å². The summed E-state index contributed by atoms with van der Waals surface area (Å²) in [6, 6.07) is 2.26. The molecule has 1 saturated heterocycles. The van der Waals surface area contributed by atoms with E-state index in [-0.39, 0.29) is 24.8 Å². The zero-order valence-corrected chi connectivity index (χ0v) is 32.1. The van der Waals surface area contributed by atoms with Gasteiger partial charge in [-0.1, -0.05) is 51.9 Å². The van der Waals surface area contributed by atoms with Crippen molar-refractivity contribution in [1.82, 2.24) is 45.3 Å². The second-order valence-corrected chi connectivity index (χ2v) is 18.4. The van der Waals surface area contributed by atoms with Gasteiger partial charge < -0.3 is 24.7 Å². The van der Waals surface area contributed by atoms with E-state index >= 15 is 0 Å². The van der Waals surface area contributed by atoms with Gasteiger partial charge in [-0.25, -0.2) is 17.2 Å². The number of sulfonamides is 1. The molecule has 0 radical (unpaired) electrons. The van der Waals surface area contributed by atoms with Crippen LogP contribution in [-0.2, 0) is 29.8 Å². The van der Waals surface area contributed by atoms with Gasteiger partial charge in [0, 0.05) is 29.5 Å². The summed E-state index contributed by atoms with van der Waals surface area (Å²) in [6.07, 6.45) is 1.41. The Morgan fingerprint density at radius 1 is 1.15 bits per heavy atom. The van der Waals surface area contributed by atoms with E-state index in [1.807, 2.05) is 36.8 Å². The molecule has 2 aromatic heterocycles. The molecule has 1 aromatic carbocycles. The van der Waals surface area contributed by atoms with Crippen LogP contribution in [-0.4, -0.2) is 104 Å². The van der Waals surface area contributed by atoms with Crippen LogP contribution in [0.3, 0.4) is 0 Å². The first-order valence-corrected chi connectivity index (χ1v) is 19.6. The number of methoxy groups -OCH3 is 1. The highest BCUT2D eigenvalue weighted by molar-refractivity contribution is 7.91. The van der Waals surface area contributed by atoms with Gasteiger partial charge >= 0.3 is 6.01 Å². The molecule has 3 fully saturated rings. The summed E-state index contributed by atoms with van der Waals surface area (Å²) >= 11 is 0. The number of aromatic nitrogens is 6. The van der Waals surface area contributed by atoms with Crippen LogP contribution in [0.2, 0.25) is 0 Å². The average Bonchev–Trinajstić information content (AvgIpc) is 3.90. The van der Waals surface area contributed by atoms with Gasteiger partial charge in [0.1, 0.15) is 23.4 Å². The Kier molecular flexibility index (Phi) is 9.48. The third-order valence-electron chi connectivity index (χ3n) is 10.7. The van der Waals surface area contributed by atoms with E-state index in [0.29, 0.717) is 36.5 Å². The molecule has 55 heavy (non-hydrogen) atoms. The maximum atomic E-state index is 14.7. The molecule has 296 valence electrons. The molecule has 0 unspecified atom stereocenters. The highest BCUT2D eigenvalue weighted by Crippen LogP contribution is 2.49. The zero-order valence-electron chi connectivity index (χ0n) is 31.2. The maximum absolute atomic E-state index is 14.7. The van der Waals surface area contributed by atoms with Crippen molar-refractivity contribution in [3.8, 4) is 17.1 Å². The first kappa shape index (κ1) is 38.3. The lowest BCUT2D eigenvalue weighted by atomic mass is 9.85. The molecule has 20 heteroatoms. The fourth-order valence-corrected chi connectivity index (χ4v) is 8.44. The number of rotatable bonds is 7. The van der Waals surface area contributed by atoms with E-state index in [1.54, 1.807) is 40.0 Å². The number of fused-ring (bicyclic) bond motifs is 10. The summed E-state index contributed by atoms with van der Waals surface area (Å²) in [5.41, 5.74) is -2.28. The van der Waals surface area contributed by atoms with Crippen molar-refractivity contribution in [3.05, 3.63) is 35.7 Å². The zero-order chi connectivity index (χ0) is 39.7. The summed E-state index contributed by atoms with van der Waals surface area (Å²) in [5, 5.41) is 26.3. The lowest BCUT2D eigenvalue weighted by molar-refractivity contribution is -0.141. The molecule has 0 spiro atoms. The third-order valence-corrected chi connectivity index (χ3v) is 12.5. The van der Waals surface area contributed by atoms with Gasteiger partial charge in [0.2, 0.25) is 40.0 Å². The molecular formula is C35H44F2N10O7S. The standard InChI is InChI=1S/C35H44F2N10O7S/c1-33(2,3)25-29(49)46-17-20(15-23(46)28(48)39-35(16-22(35)26(36)37)30(50)44-55(51,52)21-10-11-21)47-43-27(40-45-47)19-9-12-24(53-6)18(14-19)8-7-13-34(4,5)31-41-42-32(38-25)54-31/h7-9,12,14,20-23,25-26H,10-11,13,15-17H2,1-6H3,(H,38,42)(H,39,48)(H,44,50)/b8-7+/t20-,22+,23+,25-,35-/m1/s1. The number of hydrogen-bond donors (Lipinski definition) is 3. The maximum Gasteiger partial charge on any atom is 0.316 e. The van der Waals surface area contributed by atoms with E-state index in [0.717, 1.165) is 5.56 Å². The number of anilines is 1. The summed E-state index contributed by atoms with van der Waals surface area (Å²) in [6.45, 7) is 9.17. The van der Waals surface area contributed by atoms with Gasteiger partial charge in [0.05, 0.1) is 24.3 Å². The number of carbonyl (C=O) groups excluding carboxylic acids is 3. The average molecular weight is 787 g/mol. The lowest BCUT2D eigenvalue weighted by Crippen LogP contribution is -2.59. The van der Waals surface area contributed by atoms with Crippen LogP contribution >= 0.6 is 0 Å². The Hall–Kier alpha value is -5.01. The molecular weight excluding hydrogens is 743 g/mol. The van der Waals surface area contributed by atoms with Crippen molar-refractivity contribution in [2.75, 3.05) is 19.0 Å². The van der Waals surface area contributed by atoms with E-state index in [1.165, 1.54) is 9.70 Å². The molecule has 2 aliphatic carbocycles. The largest absolute Gasteiger partial charge is 0.496 e. The van der Waals surface area contributed by atoms with Crippen LogP contribution in [0.25, 0.3) is 17.5 Å². The Morgan fingerprint density at radius 3 is 2.55 bits per heavy atom. The predicted octanol–water partition coefficient (Wildman–Crippen LogP) is 2.84. The Bertz CT molecular complexity index is 2140. The van der Waals surface area contributed by atoms with E-state index in [9.17, 15) is 31.6 Å². The van der Waals surface area contributed by atoms with E-state index in [4.69, 9.17) is 9.15 Å². The van der Waals surface area contributed by atoms with Gasteiger partial charge in [-0.3, -0.25) is 19.1 Å².